The van der Waals surface area contributed by atoms with E-state index in [1.54, 1.807) is 0 Å². The fraction of sp³-hybridized carbons (Fsp3) is 1.00. The van der Waals surface area contributed by atoms with Gasteiger partial charge < -0.3 is 4.55 Å². The predicted octanol–water partition coefficient (Wildman–Crippen LogP) is 2.26. The summed E-state index contributed by atoms with van der Waals surface area (Å²) in [5.41, 5.74) is 0.0813. The van der Waals surface area contributed by atoms with Crippen LogP contribution in [-0.4, -0.2) is 31.5 Å². The number of hydrogen-bond acceptors (Lipinski definition) is 2. The monoisotopic (exact) mass is 271 g/mol. The van der Waals surface area contributed by atoms with Gasteiger partial charge in [0.1, 0.15) is 0 Å². The first-order valence-corrected chi connectivity index (χ1v) is 6.34. The molecule has 0 spiro atoms. The highest BCUT2D eigenvalue weighted by Gasteiger charge is 2.20. The van der Waals surface area contributed by atoms with Crippen molar-refractivity contribution in [3.8, 4) is 0 Å². The number of hydrogen-bond donors (Lipinski definition) is 1. The fourth-order valence-electron chi connectivity index (χ4n) is 1.02. The molecule has 0 aliphatic rings. The second kappa shape index (κ2) is 6.11. The van der Waals surface area contributed by atoms with Gasteiger partial charge in [0.05, 0.1) is 0 Å². The van der Waals surface area contributed by atoms with E-state index in [9.17, 15) is 4.21 Å². The summed E-state index contributed by atoms with van der Waals surface area (Å²) < 4.78 is 21.2. The number of rotatable bonds is 6. The van der Waals surface area contributed by atoms with Crippen LogP contribution in [0, 0.1) is 5.41 Å². The Labute approximate surface area is 91.5 Å². The van der Waals surface area contributed by atoms with Crippen molar-refractivity contribution in [3.63, 3.8) is 0 Å². The van der Waals surface area contributed by atoms with Crippen LogP contribution in [0.2, 0.25) is 0 Å². The topological polar surface area (TPSA) is 40.5 Å². The summed E-state index contributed by atoms with van der Waals surface area (Å²) in [6.45, 7) is 8.09. The van der Waals surface area contributed by atoms with E-state index in [1.807, 2.05) is 3.93 Å². The molecule has 0 aromatic heterocycles. The first-order valence-electron chi connectivity index (χ1n) is 4.35. The van der Waals surface area contributed by atoms with Gasteiger partial charge in [-0.1, -0.05) is 20.8 Å². The highest BCUT2D eigenvalue weighted by Crippen LogP contribution is 2.23. The molecule has 0 heterocycles. The lowest BCUT2D eigenvalue weighted by atomic mass is 9.90. The second-order valence-electron chi connectivity index (χ2n) is 3.88. The molecule has 1 atom stereocenters. The van der Waals surface area contributed by atoms with Gasteiger partial charge in [-0.25, -0.2) is 8.13 Å². The van der Waals surface area contributed by atoms with E-state index < -0.39 is 11.1 Å². The quantitative estimate of drug-likeness (QED) is 0.595. The minimum absolute atomic E-state index is 0.0813. The molecule has 1 N–H and O–H groups in total. The smallest absolute Gasteiger partial charge is 0.152 e. The molecule has 0 aliphatic carbocycles. The summed E-state index contributed by atoms with van der Waals surface area (Å²) in [6, 6.07) is 0. The summed E-state index contributed by atoms with van der Waals surface area (Å²) >= 11 is 1.75. The largest absolute Gasteiger partial charge is 0.306 e. The van der Waals surface area contributed by atoms with Gasteiger partial charge in [0.25, 0.3) is 0 Å². The second-order valence-corrected chi connectivity index (χ2v) is 5.93. The van der Waals surface area contributed by atoms with Crippen molar-refractivity contribution in [1.29, 1.82) is 0 Å². The third kappa shape index (κ3) is 7.61. The lowest BCUT2D eigenvalue weighted by Gasteiger charge is -2.27. The van der Waals surface area contributed by atoms with Crippen LogP contribution < -0.4 is 0 Å². The zero-order valence-corrected chi connectivity index (χ0v) is 10.8. The Hall–Kier alpha value is 0.550. The van der Waals surface area contributed by atoms with E-state index in [1.165, 1.54) is 0 Å². The van der Waals surface area contributed by atoms with Gasteiger partial charge >= 0.3 is 0 Å². The molecule has 5 heteroatoms. The van der Waals surface area contributed by atoms with Gasteiger partial charge in [-0.2, -0.15) is 0 Å². The minimum Gasteiger partial charge on any atom is -0.306 e. The maximum atomic E-state index is 10.5. The molecule has 0 aliphatic heterocycles. The van der Waals surface area contributed by atoms with Crippen LogP contribution in [0.3, 0.4) is 0 Å². The average molecular weight is 272 g/mol. The Morgan fingerprint density at radius 3 is 2.46 bits per heavy atom. The summed E-state index contributed by atoms with van der Waals surface area (Å²) in [7, 11) is 0. The maximum Gasteiger partial charge on any atom is 0.152 e. The first-order chi connectivity index (χ1) is 5.87. The van der Waals surface area contributed by atoms with Gasteiger partial charge in [0.2, 0.25) is 0 Å². The van der Waals surface area contributed by atoms with Crippen molar-refractivity contribution in [2.75, 3.05) is 18.8 Å². The van der Waals surface area contributed by atoms with Gasteiger partial charge in [-0.15, -0.1) is 0 Å². The lowest BCUT2D eigenvalue weighted by Crippen LogP contribution is -2.28. The Balaban J connectivity index is 3.85. The van der Waals surface area contributed by atoms with E-state index in [2.05, 4.69) is 36.9 Å². The van der Waals surface area contributed by atoms with Crippen LogP contribution in [0.1, 0.15) is 27.2 Å². The van der Waals surface area contributed by atoms with Gasteiger partial charge in [-0.3, -0.25) is 0 Å². The van der Waals surface area contributed by atoms with Crippen molar-refractivity contribution in [2.45, 2.75) is 27.2 Å². The van der Waals surface area contributed by atoms with Crippen LogP contribution in [-0.2, 0) is 11.1 Å². The Morgan fingerprint density at radius 2 is 2.08 bits per heavy atom. The molecule has 0 amide bonds. The standard InChI is InChI=1S/C8H18BrNO2S/c1-4-10(9)7-8(2,3)5-6-13(11)12/h4-7H2,1-3H3,(H,11,12). The predicted molar refractivity (Wildman–Crippen MR) is 60.2 cm³/mol. The molecule has 0 aromatic carbocycles. The van der Waals surface area contributed by atoms with Crippen molar-refractivity contribution in [2.24, 2.45) is 5.41 Å². The highest BCUT2D eigenvalue weighted by atomic mass is 79.9. The molecule has 13 heavy (non-hydrogen) atoms. The minimum atomic E-state index is -1.66. The molecule has 3 nitrogen and oxygen atoms in total. The molecule has 80 valence electrons. The highest BCUT2D eigenvalue weighted by molar-refractivity contribution is 9.07. The lowest BCUT2D eigenvalue weighted by molar-refractivity contribution is 0.276. The van der Waals surface area contributed by atoms with Crippen LogP contribution in [0.15, 0.2) is 0 Å². The van der Waals surface area contributed by atoms with Gasteiger partial charge in [0, 0.05) is 35.0 Å². The van der Waals surface area contributed by atoms with E-state index >= 15 is 0 Å². The molecule has 0 saturated heterocycles. The number of nitrogens with zero attached hydrogens (tertiary/aromatic N) is 1. The third-order valence-electron chi connectivity index (χ3n) is 1.90. The van der Waals surface area contributed by atoms with Gasteiger partial charge in [-0.05, 0) is 11.8 Å². The Kier molecular flexibility index (Phi) is 6.37. The molecule has 0 radical (unpaired) electrons. The van der Waals surface area contributed by atoms with E-state index in [0.29, 0.717) is 5.75 Å². The zero-order chi connectivity index (χ0) is 10.5. The molecular weight excluding hydrogens is 254 g/mol. The molecule has 0 bridgehead atoms. The third-order valence-corrected chi connectivity index (χ3v) is 3.20. The zero-order valence-electron chi connectivity index (χ0n) is 8.42. The van der Waals surface area contributed by atoms with Crippen molar-refractivity contribution >= 4 is 27.2 Å². The van der Waals surface area contributed by atoms with Crippen molar-refractivity contribution in [1.82, 2.24) is 3.93 Å². The van der Waals surface area contributed by atoms with E-state index in [4.69, 9.17) is 4.55 Å². The molecular formula is C8H18BrNO2S. The summed E-state index contributed by atoms with van der Waals surface area (Å²) in [5, 5.41) is 0. The summed E-state index contributed by atoms with van der Waals surface area (Å²) in [4.78, 5) is 0. The maximum absolute atomic E-state index is 10.5. The molecule has 0 aromatic rings. The normalized spacial score (nSPS) is 14.9. The summed E-state index contributed by atoms with van der Waals surface area (Å²) in [5.74, 6) is 0.359. The number of halogens is 1. The van der Waals surface area contributed by atoms with Crippen LogP contribution in [0.5, 0.6) is 0 Å². The van der Waals surface area contributed by atoms with Gasteiger partial charge in [0.15, 0.2) is 11.1 Å². The summed E-state index contributed by atoms with van der Waals surface area (Å²) in [6.07, 6.45) is 0.762. The molecule has 0 saturated carbocycles. The van der Waals surface area contributed by atoms with Crippen molar-refractivity contribution in [3.05, 3.63) is 0 Å². The van der Waals surface area contributed by atoms with Crippen LogP contribution in [0.4, 0.5) is 0 Å². The fourth-order valence-corrected chi connectivity index (χ4v) is 2.42. The SMILES string of the molecule is CCN(Br)CC(C)(C)CCS(=O)O. The van der Waals surface area contributed by atoms with E-state index in [0.717, 1.165) is 19.5 Å². The van der Waals surface area contributed by atoms with Crippen LogP contribution >= 0.6 is 16.1 Å². The molecule has 1 unspecified atom stereocenters. The Bertz CT molecular complexity index is 176. The van der Waals surface area contributed by atoms with Crippen molar-refractivity contribution < 1.29 is 8.76 Å². The molecule has 0 fully saturated rings. The average Bonchev–Trinajstić information content (AvgIpc) is 2.00. The van der Waals surface area contributed by atoms with Crippen LogP contribution in [0.25, 0.3) is 0 Å². The first kappa shape index (κ1) is 13.5. The molecule has 0 rings (SSSR count). The van der Waals surface area contributed by atoms with E-state index in [-0.39, 0.29) is 5.41 Å². The Morgan fingerprint density at radius 1 is 1.54 bits per heavy atom.